The van der Waals surface area contributed by atoms with Crippen molar-refractivity contribution in [1.29, 1.82) is 0 Å². The van der Waals surface area contributed by atoms with Crippen LogP contribution in [0.4, 0.5) is 0 Å². The van der Waals surface area contributed by atoms with Crippen LogP contribution in [0.3, 0.4) is 0 Å². The first-order valence-corrected chi connectivity index (χ1v) is 10.0. The lowest BCUT2D eigenvalue weighted by Crippen LogP contribution is -2.22. The molecule has 0 atom stereocenters. The Hall–Kier alpha value is -3.57. The summed E-state index contributed by atoms with van der Waals surface area (Å²) in [6, 6.07) is 19.3. The summed E-state index contributed by atoms with van der Waals surface area (Å²) in [6.07, 6.45) is 0. The van der Waals surface area contributed by atoms with Gasteiger partial charge in [0.15, 0.2) is 12.4 Å². The van der Waals surface area contributed by atoms with Crippen molar-refractivity contribution < 1.29 is 18.7 Å². The van der Waals surface area contributed by atoms with Gasteiger partial charge in [-0.15, -0.1) is 0 Å². The summed E-state index contributed by atoms with van der Waals surface area (Å²) >= 11 is 6.34. The molecule has 0 aliphatic carbocycles. The number of fused-ring (bicyclic) bond motifs is 1. The van der Waals surface area contributed by atoms with Crippen molar-refractivity contribution >= 4 is 28.5 Å². The molecule has 0 amide bonds. The van der Waals surface area contributed by atoms with E-state index in [4.69, 9.17) is 25.5 Å². The van der Waals surface area contributed by atoms with Gasteiger partial charge in [-0.25, -0.2) is 4.79 Å². The number of aryl methyl sites for hydroxylation is 2. The van der Waals surface area contributed by atoms with E-state index in [1.54, 1.807) is 60.7 Å². The van der Waals surface area contributed by atoms with E-state index in [2.05, 4.69) is 0 Å². The quantitative estimate of drug-likeness (QED) is 0.376. The van der Waals surface area contributed by atoms with Crippen LogP contribution in [0.15, 0.2) is 75.9 Å². The molecule has 0 fully saturated rings. The Bertz CT molecular complexity index is 1330. The van der Waals surface area contributed by atoms with Crippen LogP contribution in [0.2, 0.25) is 5.02 Å². The second-order valence-electron chi connectivity index (χ2n) is 7.08. The summed E-state index contributed by atoms with van der Waals surface area (Å²) in [6.45, 7) is 3.46. The average Bonchev–Trinajstić information content (AvgIpc) is 2.77. The van der Waals surface area contributed by atoms with Crippen LogP contribution in [0.25, 0.3) is 22.3 Å². The standard InChI is InChI=1S/C25H19ClO5/c1-15-12-19-21(13-16(15)2)30-24(18-10-6-7-11-20(18)26)25(23(19)28)31-22(27)14-29-17-8-4-3-5-9-17/h3-13H,14H2,1-2H3. The zero-order valence-electron chi connectivity index (χ0n) is 17.0. The van der Waals surface area contributed by atoms with Gasteiger partial charge in [-0.3, -0.25) is 4.79 Å². The molecule has 0 saturated heterocycles. The fourth-order valence-corrected chi connectivity index (χ4v) is 3.37. The maximum absolute atomic E-state index is 13.3. The van der Waals surface area contributed by atoms with Crippen LogP contribution < -0.4 is 14.9 Å². The normalized spacial score (nSPS) is 10.8. The molecule has 3 aromatic carbocycles. The Kier molecular flexibility index (Phi) is 5.78. The van der Waals surface area contributed by atoms with Gasteiger partial charge in [-0.2, -0.15) is 0 Å². The Balaban J connectivity index is 1.78. The third-order valence-electron chi connectivity index (χ3n) is 4.90. The maximum Gasteiger partial charge on any atom is 0.349 e. The third kappa shape index (κ3) is 4.32. The van der Waals surface area contributed by atoms with Crippen molar-refractivity contribution in [3.05, 3.63) is 93.1 Å². The number of hydrogen-bond donors (Lipinski definition) is 0. The molecule has 0 aliphatic heterocycles. The first-order chi connectivity index (χ1) is 14.9. The Morgan fingerprint density at radius 1 is 0.968 bits per heavy atom. The predicted octanol–water partition coefficient (Wildman–Crippen LogP) is 5.71. The fraction of sp³-hybridized carbons (Fsp3) is 0.120. The van der Waals surface area contributed by atoms with Crippen LogP contribution >= 0.6 is 11.6 Å². The van der Waals surface area contributed by atoms with Crippen molar-refractivity contribution in [2.24, 2.45) is 0 Å². The molecule has 4 aromatic rings. The molecule has 0 radical (unpaired) electrons. The molecule has 156 valence electrons. The summed E-state index contributed by atoms with van der Waals surface area (Å²) in [4.78, 5) is 25.8. The molecule has 0 aliphatic rings. The number of carbonyl (C=O) groups excluding carboxylic acids is 1. The van der Waals surface area contributed by atoms with E-state index in [1.165, 1.54) is 0 Å². The SMILES string of the molecule is Cc1cc2oc(-c3ccccc3Cl)c(OC(=O)COc3ccccc3)c(=O)c2cc1C. The molecule has 4 rings (SSSR count). The zero-order chi connectivity index (χ0) is 22.0. The van der Waals surface area contributed by atoms with Gasteiger partial charge in [0.25, 0.3) is 0 Å². The minimum atomic E-state index is -0.729. The topological polar surface area (TPSA) is 65.7 Å². The summed E-state index contributed by atoms with van der Waals surface area (Å²) < 4.78 is 16.9. The first kappa shape index (κ1) is 20.7. The van der Waals surface area contributed by atoms with E-state index in [0.717, 1.165) is 11.1 Å². The Morgan fingerprint density at radius 2 is 1.65 bits per heavy atom. The highest BCUT2D eigenvalue weighted by Gasteiger charge is 2.22. The number of hydrogen-bond acceptors (Lipinski definition) is 5. The molecule has 0 unspecified atom stereocenters. The van der Waals surface area contributed by atoms with Gasteiger partial charge in [0.05, 0.1) is 10.4 Å². The summed E-state index contributed by atoms with van der Waals surface area (Å²) in [5, 5.41) is 0.692. The number of para-hydroxylation sites is 1. The molecule has 6 heteroatoms. The average molecular weight is 435 g/mol. The number of benzene rings is 3. The van der Waals surface area contributed by atoms with Crippen molar-refractivity contribution in [1.82, 2.24) is 0 Å². The minimum absolute atomic E-state index is 0.0967. The van der Waals surface area contributed by atoms with Gasteiger partial charge in [0, 0.05) is 5.56 Å². The fourth-order valence-electron chi connectivity index (χ4n) is 3.15. The lowest BCUT2D eigenvalue weighted by atomic mass is 10.0. The van der Waals surface area contributed by atoms with E-state index in [1.807, 2.05) is 19.9 Å². The monoisotopic (exact) mass is 434 g/mol. The van der Waals surface area contributed by atoms with Crippen LogP contribution in [0.1, 0.15) is 11.1 Å². The second-order valence-corrected chi connectivity index (χ2v) is 7.48. The van der Waals surface area contributed by atoms with Gasteiger partial charge in [-0.05, 0) is 61.4 Å². The predicted molar refractivity (Wildman–Crippen MR) is 120 cm³/mol. The molecular weight excluding hydrogens is 416 g/mol. The highest BCUT2D eigenvalue weighted by atomic mass is 35.5. The molecule has 0 saturated carbocycles. The molecule has 0 spiro atoms. The zero-order valence-corrected chi connectivity index (χ0v) is 17.7. The number of rotatable bonds is 5. The van der Waals surface area contributed by atoms with Crippen LogP contribution in [-0.2, 0) is 4.79 Å². The molecule has 5 nitrogen and oxygen atoms in total. The van der Waals surface area contributed by atoms with E-state index < -0.39 is 11.4 Å². The molecule has 31 heavy (non-hydrogen) atoms. The third-order valence-corrected chi connectivity index (χ3v) is 5.23. The summed E-state index contributed by atoms with van der Waals surface area (Å²) in [5.41, 5.74) is 2.29. The summed E-state index contributed by atoms with van der Waals surface area (Å²) in [7, 11) is 0. The maximum atomic E-state index is 13.3. The van der Waals surface area contributed by atoms with Crippen molar-refractivity contribution in [3.8, 4) is 22.8 Å². The van der Waals surface area contributed by atoms with Crippen molar-refractivity contribution in [2.45, 2.75) is 13.8 Å². The van der Waals surface area contributed by atoms with Gasteiger partial charge >= 0.3 is 5.97 Å². The molecular formula is C25H19ClO5. The number of esters is 1. The highest BCUT2D eigenvalue weighted by Crippen LogP contribution is 2.35. The minimum Gasteiger partial charge on any atom is -0.482 e. The van der Waals surface area contributed by atoms with E-state index in [0.29, 0.717) is 27.3 Å². The number of carbonyl (C=O) groups is 1. The lowest BCUT2D eigenvalue weighted by molar-refractivity contribution is -0.136. The van der Waals surface area contributed by atoms with Crippen molar-refractivity contribution in [2.75, 3.05) is 6.61 Å². The second kappa shape index (κ2) is 8.66. The molecule has 0 N–H and O–H groups in total. The molecule has 0 bridgehead atoms. The van der Waals surface area contributed by atoms with Crippen molar-refractivity contribution in [3.63, 3.8) is 0 Å². The highest BCUT2D eigenvalue weighted by molar-refractivity contribution is 6.33. The van der Waals surface area contributed by atoms with E-state index in [-0.39, 0.29) is 18.1 Å². The first-order valence-electron chi connectivity index (χ1n) is 9.65. The molecule has 1 aromatic heterocycles. The number of halogens is 1. The number of ether oxygens (including phenoxy) is 2. The molecule has 1 heterocycles. The van der Waals surface area contributed by atoms with Crippen LogP contribution in [-0.4, -0.2) is 12.6 Å². The Labute approximate surface area is 183 Å². The van der Waals surface area contributed by atoms with Crippen LogP contribution in [0.5, 0.6) is 11.5 Å². The largest absolute Gasteiger partial charge is 0.482 e. The summed E-state index contributed by atoms with van der Waals surface area (Å²) in [5.74, 6) is -0.333. The van der Waals surface area contributed by atoms with Crippen LogP contribution in [0, 0.1) is 13.8 Å². The van der Waals surface area contributed by atoms with Gasteiger partial charge in [-0.1, -0.05) is 41.9 Å². The van der Waals surface area contributed by atoms with Gasteiger partial charge in [0.1, 0.15) is 11.3 Å². The van der Waals surface area contributed by atoms with Gasteiger partial charge < -0.3 is 13.9 Å². The van der Waals surface area contributed by atoms with Gasteiger partial charge in [0.2, 0.25) is 11.2 Å². The smallest absolute Gasteiger partial charge is 0.349 e. The van der Waals surface area contributed by atoms with E-state index >= 15 is 0 Å². The van der Waals surface area contributed by atoms with E-state index in [9.17, 15) is 9.59 Å². The Morgan fingerprint density at radius 3 is 2.39 bits per heavy atom. The lowest BCUT2D eigenvalue weighted by Gasteiger charge is -2.13.